The molecule has 0 unspecified atom stereocenters. The van der Waals surface area contributed by atoms with Crippen molar-refractivity contribution in [2.75, 3.05) is 13.7 Å². The molecule has 0 amide bonds. The van der Waals surface area contributed by atoms with Crippen molar-refractivity contribution in [1.29, 1.82) is 0 Å². The Bertz CT molecular complexity index is 1020. The summed E-state index contributed by atoms with van der Waals surface area (Å²) in [6.07, 6.45) is 0.353. The van der Waals surface area contributed by atoms with E-state index in [2.05, 4.69) is 5.32 Å². The number of nitrogens with zero attached hydrogens (tertiary/aromatic N) is 1. The van der Waals surface area contributed by atoms with E-state index in [9.17, 15) is 24.5 Å². The quantitative estimate of drug-likeness (QED) is 0.328. The number of esters is 2. The summed E-state index contributed by atoms with van der Waals surface area (Å²) < 4.78 is 10.0. The minimum Gasteiger partial charge on any atom is -0.468 e. The van der Waals surface area contributed by atoms with E-state index in [1.807, 2.05) is 0 Å². The highest BCUT2D eigenvalue weighted by Gasteiger charge is 2.48. The fourth-order valence-electron chi connectivity index (χ4n) is 4.37. The van der Waals surface area contributed by atoms with Crippen molar-refractivity contribution in [1.82, 2.24) is 5.32 Å². The van der Waals surface area contributed by atoms with Crippen molar-refractivity contribution in [2.24, 2.45) is 11.8 Å². The molecule has 0 bridgehead atoms. The smallest absolute Gasteiger partial charge is 0.336 e. The SMILES string of the molecule is CCOC(=O)C1=C(C)NC2=C(C(=O)[C@@H](C(=O)OC)[C@H](C)C2)[C@H]1c1ccccc1[N+](=O)[O-]. The number of carbonyl (C=O) groups excluding carboxylic acids is 3. The molecule has 0 aromatic heterocycles. The number of methoxy groups -OCH3 is 1. The van der Waals surface area contributed by atoms with Crippen molar-refractivity contribution in [2.45, 2.75) is 33.1 Å². The van der Waals surface area contributed by atoms with Gasteiger partial charge in [-0.15, -0.1) is 0 Å². The van der Waals surface area contributed by atoms with Gasteiger partial charge in [0.25, 0.3) is 5.69 Å². The van der Waals surface area contributed by atoms with Gasteiger partial charge in [-0.2, -0.15) is 0 Å². The fraction of sp³-hybridized carbons (Fsp3) is 0.409. The molecule has 31 heavy (non-hydrogen) atoms. The number of ether oxygens (including phenoxy) is 2. The Hall–Kier alpha value is -3.49. The predicted octanol–water partition coefficient (Wildman–Crippen LogP) is 2.77. The number of nitrogens with one attached hydrogen (secondary N) is 1. The van der Waals surface area contributed by atoms with E-state index < -0.39 is 34.5 Å². The standard InChI is InChI=1S/C22H24N2O7/c1-5-31-22(27)17-12(3)23-14-10-11(2)16(21(26)30-4)20(25)19(14)18(17)13-8-6-7-9-15(13)24(28)29/h6-9,11,16,18,23H,5,10H2,1-4H3/t11-,16+,18+/m1/s1. The zero-order chi connectivity index (χ0) is 22.9. The molecule has 1 N–H and O–H groups in total. The van der Waals surface area contributed by atoms with Crippen LogP contribution in [-0.4, -0.2) is 36.4 Å². The maximum Gasteiger partial charge on any atom is 0.336 e. The van der Waals surface area contributed by atoms with Crippen LogP contribution in [0.1, 0.15) is 38.7 Å². The highest BCUT2D eigenvalue weighted by Crippen LogP contribution is 2.47. The average Bonchev–Trinajstić information content (AvgIpc) is 2.72. The number of nitro groups is 1. The molecule has 1 aromatic rings. The maximum atomic E-state index is 13.5. The van der Waals surface area contributed by atoms with E-state index in [-0.39, 0.29) is 34.9 Å². The van der Waals surface area contributed by atoms with E-state index in [0.717, 1.165) is 0 Å². The largest absolute Gasteiger partial charge is 0.468 e. The van der Waals surface area contributed by atoms with Gasteiger partial charge in [-0.1, -0.05) is 25.1 Å². The molecule has 0 saturated heterocycles. The van der Waals surface area contributed by atoms with Crippen LogP contribution in [0.4, 0.5) is 5.69 Å². The Morgan fingerprint density at radius 1 is 1.29 bits per heavy atom. The minimum atomic E-state index is -1.06. The summed E-state index contributed by atoms with van der Waals surface area (Å²) in [5, 5.41) is 14.9. The van der Waals surface area contributed by atoms with Crippen LogP contribution in [0, 0.1) is 22.0 Å². The number of para-hydroxylation sites is 1. The first kappa shape index (κ1) is 22.2. The molecule has 0 fully saturated rings. The number of rotatable bonds is 5. The van der Waals surface area contributed by atoms with Gasteiger partial charge < -0.3 is 14.8 Å². The first-order valence-electron chi connectivity index (χ1n) is 9.96. The molecule has 1 aliphatic heterocycles. The third-order valence-corrected chi connectivity index (χ3v) is 5.68. The van der Waals surface area contributed by atoms with Gasteiger partial charge in [0, 0.05) is 28.6 Å². The van der Waals surface area contributed by atoms with E-state index in [0.29, 0.717) is 17.8 Å². The lowest BCUT2D eigenvalue weighted by Crippen LogP contribution is -2.43. The molecule has 3 rings (SSSR count). The Kier molecular flexibility index (Phi) is 6.24. The summed E-state index contributed by atoms with van der Waals surface area (Å²) in [7, 11) is 1.21. The first-order chi connectivity index (χ1) is 14.7. The molecule has 164 valence electrons. The number of allylic oxidation sites excluding steroid dienone is 3. The summed E-state index contributed by atoms with van der Waals surface area (Å²) in [6, 6.07) is 5.96. The summed E-state index contributed by atoms with van der Waals surface area (Å²) in [5.74, 6) is -4.29. The van der Waals surface area contributed by atoms with Crippen molar-refractivity contribution in [3.05, 3.63) is 62.5 Å². The van der Waals surface area contributed by atoms with Gasteiger partial charge in [-0.3, -0.25) is 19.7 Å². The van der Waals surface area contributed by atoms with Gasteiger partial charge in [0.15, 0.2) is 5.78 Å². The molecular formula is C22H24N2O7. The second-order valence-corrected chi connectivity index (χ2v) is 7.57. The van der Waals surface area contributed by atoms with Gasteiger partial charge in [-0.05, 0) is 26.2 Å². The molecule has 3 atom stereocenters. The molecule has 0 radical (unpaired) electrons. The number of nitro benzene ring substituents is 1. The fourth-order valence-corrected chi connectivity index (χ4v) is 4.37. The van der Waals surface area contributed by atoms with Crippen LogP contribution in [0.25, 0.3) is 0 Å². The van der Waals surface area contributed by atoms with E-state index in [1.165, 1.54) is 25.3 Å². The molecule has 9 nitrogen and oxygen atoms in total. The van der Waals surface area contributed by atoms with Crippen molar-refractivity contribution in [3.8, 4) is 0 Å². The Morgan fingerprint density at radius 2 is 1.97 bits per heavy atom. The van der Waals surface area contributed by atoms with Crippen LogP contribution in [-0.2, 0) is 23.9 Å². The lowest BCUT2D eigenvalue weighted by molar-refractivity contribution is -0.385. The molecule has 1 aromatic carbocycles. The molecule has 1 heterocycles. The topological polar surface area (TPSA) is 125 Å². The molecule has 0 saturated carbocycles. The van der Waals surface area contributed by atoms with Gasteiger partial charge in [0.1, 0.15) is 5.92 Å². The summed E-state index contributed by atoms with van der Waals surface area (Å²) in [4.78, 5) is 50.0. The monoisotopic (exact) mass is 428 g/mol. The maximum absolute atomic E-state index is 13.5. The van der Waals surface area contributed by atoms with Gasteiger partial charge in [0.2, 0.25) is 0 Å². The number of hydrogen-bond acceptors (Lipinski definition) is 8. The van der Waals surface area contributed by atoms with E-state index >= 15 is 0 Å². The number of dihydropyridines is 1. The van der Waals surface area contributed by atoms with Crippen LogP contribution in [0.3, 0.4) is 0 Å². The minimum absolute atomic E-state index is 0.0981. The zero-order valence-electron chi connectivity index (χ0n) is 17.8. The van der Waals surface area contributed by atoms with Crippen LogP contribution in [0.15, 0.2) is 46.8 Å². The average molecular weight is 428 g/mol. The highest BCUT2D eigenvalue weighted by molar-refractivity contribution is 6.12. The number of Topliss-reactive ketones (excluding diaryl/α,β-unsaturated/α-hetero) is 1. The number of benzene rings is 1. The molecule has 2 aliphatic rings. The molecule has 0 spiro atoms. The molecular weight excluding hydrogens is 404 g/mol. The van der Waals surface area contributed by atoms with Crippen LogP contribution in [0.5, 0.6) is 0 Å². The lowest BCUT2D eigenvalue weighted by atomic mass is 9.69. The summed E-state index contributed by atoms with van der Waals surface area (Å²) in [5.41, 5.74) is 1.24. The van der Waals surface area contributed by atoms with Crippen molar-refractivity contribution >= 4 is 23.4 Å². The number of hydrogen-bond donors (Lipinski definition) is 1. The van der Waals surface area contributed by atoms with Gasteiger partial charge in [0.05, 0.1) is 30.1 Å². The van der Waals surface area contributed by atoms with Crippen molar-refractivity contribution in [3.63, 3.8) is 0 Å². The Labute approximate surface area is 179 Å². The molecule has 9 heteroatoms. The zero-order valence-corrected chi connectivity index (χ0v) is 17.8. The third kappa shape index (κ3) is 3.83. The Balaban J connectivity index is 2.27. The van der Waals surface area contributed by atoms with Gasteiger partial charge in [-0.25, -0.2) is 4.79 Å². The van der Waals surface area contributed by atoms with Gasteiger partial charge >= 0.3 is 11.9 Å². The summed E-state index contributed by atoms with van der Waals surface area (Å²) >= 11 is 0. The normalized spacial score (nSPS) is 23.1. The highest BCUT2D eigenvalue weighted by atomic mass is 16.6. The number of carbonyl (C=O) groups is 3. The molecule has 1 aliphatic carbocycles. The lowest BCUT2D eigenvalue weighted by Gasteiger charge is -2.38. The first-order valence-corrected chi connectivity index (χ1v) is 9.96. The van der Waals surface area contributed by atoms with Crippen molar-refractivity contribution < 1.29 is 28.8 Å². The number of ketones is 1. The summed E-state index contributed by atoms with van der Waals surface area (Å²) in [6.45, 7) is 5.18. The van der Waals surface area contributed by atoms with Crippen LogP contribution in [0.2, 0.25) is 0 Å². The Morgan fingerprint density at radius 3 is 2.58 bits per heavy atom. The second-order valence-electron chi connectivity index (χ2n) is 7.57. The van der Waals surface area contributed by atoms with E-state index in [4.69, 9.17) is 9.47 Å². The predicted molar refractivity (Wildman–Crippen MR) is 110 cm³/mol. The van der Waals surface area contributed by atoms with E-state index in [1.54, 1.807) is 26.8 Å². The van der Waals surface area contributed by atoms with Crippen LogP contribution < -0.4 is 5.32 Å². The third-order valence-electron chi connectivity index (χ3n) is 5.68. The van der Waals surface area contributed by atoms with Crippen LogP contribution >= 0.6 is 0 Å². The second kappa shape index (κ2) is 8.71.